The van der Waals surface area contributed by atoms with Crippen LogP contribution in [0.5, 0.6) is 17.2 Å². The van der Waals surface area contributed by atoms with Crippen LogP contribution in [0.2, 0.25) is 0 Å². The van der Waals surface area contributed by atoms with Crippen LogP contribution in [-0.2, 0) is 0 Å². The molecule has 2 atom stereocenters. The van der Waals surface area contributed by atoms with Crippen LogP contribution < -0.4 is 19.5 Å². The first-order valence-electron chi connectivity index (χ1n) is 8.29. The fraction of sp³-hybridized carbons (Fsp3) is 0.350. The van der Waals surface area contributed by atoms with E-state index in [-0.39, 0.29) is 20.2 Å². The summed E-state index contributed by atoms with van der Waals surface area (Å²) >= 11 is 0. The molecule has 4 nitrogen and oxygen atoms in total. The number of benzene rings is 2. The molecule has 0 fully saturated rings. The van der Waals surface area contributed by atoms with Crippen LogP contribution >= 0.6 is 8.58 Å². The molecule has 5 heteroatoms. The first kappa shape index (κ1) is 19.3. The molecule has 0 saturated heterocycles. The van der Waals surface area contributed by atoms with E-state index in [1.165, 1.54) is 0 Å². The Bertz CT molecular complexity index is 720. The molecule has 2 aromatic carbocycles. The van der Waals surface area contributed by atoms with E-state index in [0.29, 0.717) is 17.1 Å². The minimum Gasteiger partial charge on any atom is -0.496 e. The van der Waals surface area contributed by atoms with Gasteiger partial charge in [0.15, 0.2) is 5.52 Å². The van der Waals surface area contributed by atoms with E-state index < -0.39 is 0 Å². The van der Waals surface area contributed by atoms with E-state index in [1.54, 1.807) is 26.4 Å². The Hall–Kier alpha value is -2.06. The topological polar surface area (TPSA) is 44.8 Å². The molecular weight excluding hydrogens is 335 g/mol. The van der Waals surface area contributed by atoms with Gasteiger partial charge in [-0.05, 0) is 64.0 Å². The van der Waals surface area contributed by atoms with Gasteiger partial charge in [0.25, 0.3) is 0 Å². The van der Waals surface area contributed by atoms with Gasteiger partial charge in [0.2, 0.25) is 0 Å². The van der Waals surface area contributed by atoms with Crippen LogP contribution in [0, 0.1) is 6.92 Å². The van der Waals surface area contributed by atoms with Gasteiger partial charge < -0.3 is 14.2 Å². The number of carbonyl (C=O) groups excluding carboxylic acids is 1. The normalized spacial score (nSPS) is 12.2. The third-order valence-corrected chi connectivity index (χ3v) is 5.32. The molecule has 0 bridgehead atoms. The quantitative estimate of drug-likeness (QED) is 0.657. The first-order valence-corrected chi connectivity index (χ1v) is 9.29. The van der Waals surface area contributed by atoms with E-state index in [9.17, 15) is 4.79 Å². The summed E-state index contributed by atoms with van der Waals surface area (Å²) < 4.78 is 16.5. The van der Waals surface area contributed by atoms with Gasteiger partial charge in [-0.3, -0.25) is 4.79 Å². The molecule has 2 unspecified atom stereocenters. The van der Waals surface area contributed by atoms with Gasteiger partial charge in [-0.1, -0.05) is 19.1 Å². The molecule has 0 aromatic heterocycles. The molecule has 0 radical (unpaired) electrons. The smallest absolute Gasteiger partial charge is 0.193 e. The number of methoxy groups -OCH3 is 2. The minimum atomic E-state index is -0.00854. The molecule has 0 heterocycles. The Kier molecular flexibility index (Phi) is 6.83. The van der Waals surface area contributed by atoms with Gasteiger partial charge in [0.05, 0.1) is 20.3 Å². The lowest BCUT2D eigenvalue weighted by Gasteiger charge is -2.15. The molecule has 25 heavy (non-hydrogen) atoms. The van der Waals surface area contributed by atoms with Crippen molar-refractivity contribution in [3.05, 3.63) is 47.5 Å². The maximum atomic E-state index is 12.9. The van der Waals surface area contributed by atoms with E-state index >= 15 is 0 Å². The average molecular weight is 360 g/mol. The van der Waals surface area contributed by atoms with Crippen LogP contribution in [0.25, 0.3) is 0 Å². The molecule has 0 aliphatic rings. The van der Waals surface area contributed by atoms with Crippen molar-refractivity contribution in [1.82, 2.24) is 0 Å². The molecule has 2 rings (SSSR count). The Balaban J connectivity index is 2.24. The largest absolute Gasteiger partial charge is 0.496 e. The summed E-state index contributed by atoms with van der Waals surface area (Å²) in [5, 5.41) is 0.995. The molecule has 0 aliphatic carbocycles. The third-order valence-electron chi connectivity index (χ3n) is 4.01. The molecular formula is C20H25O4P. The highest BCUT2D eigenvalue weighted by atomic mass is 31.1. The lowest BCUT2D eigenvalue weighted by Crippen LogP contribution is -2.12. The van der Waals surface area contributed by atoms with Crippen molar-refractivity contribution in [2.45, 2.75) is 33.3 Å². The highest BCUT2D eigenvalue weighted by Crippen LogP contribution is 2.34. The van der Waals surface area contributed by atoms with E-state index in [4.69, 9.17) is 14.2 Å². The van der Waals surface area contributed by atoms with Crippen LogP contribution in [-0.4, -0.2) is 25.8 Å². The zero-order chi connectivity index (χ0) is 18.4. The monoisotopic (exact) mass is 360 g/mol. The standard InChI is InChI=1S/C20H25O4P/c1-6-14(3)24-15-10-11-18(13(2)12-15)25-20(21)19-16(22-4)8-7-9-17(19)23-5/h7-12,14,25H,6H2,1-5H3. The van der Waals surface area contributed by atoms with Gasteiger partial charge in [-0.15, -0.1) is 0 Å². The number of hydrogen-bond acceptors (Lipinski definition) is 4. The summed E-state index contributed by atoms with van der Waals surface area (Å²) in [5.74, 6) is 1.90. The molecule has 0 spiro atoms. The lowest BCUT2D eigenvalue weighted by molar-refractivity contribution is 0.108. The van der Waals surface area contributed by atoms with E-state index in [0.717, 1.165) is 23.0 Å². The Morgan fingerprint density at radius 2 is 1.76 bits per heavy atom. The first-order chi connectivity index (χ1) is 12.0. The van der Waals surface area contributed by atoms with Crippen molar-refractivity contribution in [3.8, 4) is 17.2 Å². The third kappa shape index (κ3) is 4.73. The summed E-state index contributed by atoms with van der Waals surface area (Å²) in [4.78, 5) is 12.9. The predicted octanol–water partition coefficient (Wildman–Crippen LogP) is 4.33. The van der Waals surface area contributed by atoms with Gasteiger partial charge in [-0.2, -0.15) is 0 Å². The lowest BCUT2D eigenvalue weighted by atomic mass is 10.2. The summed E-state index contributed by atoms with van der Waals surface area (Å²) in [5.41, 5.74) is 1.53. The second-order valence-electron chi connectivity index (χ2n) is 5.81. The number of ether oxygens (including phenoxy) is 3. The molecule has 0 N–H and O–H groups in total. The number of carbonyl (C=O) groups is 1. The summed E-state index contributed by atoms with van der Waals surface area (Å²) in [6, 6.07) is 11.2. The number of hydrogen-bond donors (Lipinski definition) is 0. The van der Waals surface area contributed by atoms with E-state index in [2.05, 4.69) is 6.92 Å². The number of aryl methyl sites for hydroxylation is 1. The van der Waals surface area contributed by atoms with Gasteiger partial charge in [0, 0.05) is 0 Å². The predicted molar refractivity (Wildman–Crippen MR) is 103 cm³/mol. The van der Waals surface area contributed by atoms with Crippen molar-refractivity contribution in [1.29, 1.82) is 0 Å². The highest BCUT2D eigenvalue weighted by Gasteiger charge is 2.19. The van der Waals surface area contributed by atoms with Gasteiger partial charge in [0.1, 0.15) is 22.8 Å². The van der Waals surface area contributed by atoms with Gasteiger partial charge >= 0.3 is 0 Å². The van der Waals surface area contributed by atoms with Crippen molar-refractivity contribution in [2.75, 3.05) is 14.2 Å². The zero-order valence-corrected chi connectivity index (χ0v) is 16.4. The van der Waals surface area contributed by atoms with Crippen molar-refractivity contribution in [3.63, 3.8) is 0 Å². The van der Waals surface area contributed by atoms with Crippen LogP contribution in [0.15, 0.2) is 36.4 Å². The maximum Gasteiger partial charge on any atom is 0.193 e. The fourth-order valence-corrected chi connectivity index (χ4v) is 3.48. The SMILES string of the molecule is CCC(C)Oc1ccc(PC(=O)c2c(OC)cccc2OC)c(C)c1. The summed E-state index contributed by atoms with van der Waals surface area (Å²) in [6.07, 6.45) is 1.13. The van der Waals surface area contributed by atoms with Crippen LogP contribution in [0.3, 0.4) is 0 Å². The molecule has 0 aliphatic heterocycles. The average Bonchev–Trinajstić information content (AvgIpc) is 2.62. The fourth-order valence-electron chi connectivity index (χ4n) is 2.43. The minimum absolute atomic E-state index is 0.00649. The van der Waals surface area contributed by atoms with Gasteiger partial charge in [-0.25, -0.2) is 0 Å². The maximum absolute atomic E-state index is 12.9. The second-order valence-corrected chi connectivity index (χ2v) is 7.05. The second kappa shape index (κ2) is 8.87. The molecule has 2 aromatic rings. The highest BCUT2D eigenvalue weighted by molar-refractivity contribution is 7.66. The van der Waals surface area contributed by atoms with Crippen LogP contribution in [0.4, 0.5) is 0 Å². The number of rotatable bonds is 8. The summed E-state index contributed by atoms with van der Waals surface area (Å²) in [6.45, 7) is 6.13. The molecule has 0 amide bonds. The van der Waals surface area contributed by atoms with Crippen LogP contribution in [0.1, 0.15) is 36.2 Å². The van der Waals surface area contributed by atoms with Crippen molar-refractivity contribution < 1.29 is 19.0 Å². The zero-order valence-electron chi connectivity index (χ0n) is 15.4. The molecule has 0 saturated carbocycles. The Morgan fingerprint density at radius 3 is 2.28 bits per heavy atom. The molecule has 134 valence electrons. The van der Waals surface area contributed by atoms with E-state index in [1.807, 2.05) is 38.1 Å². The Morgan fingerprint density at radius 1 is 1.12 bits per heavy atom. The van der Waals surface area contributed by atoms with Crippen molar-refractivity contribution >= 4 is 19.4 Å². The Labute approximate surface area is 151 Å². The summed E-state index contributed by atoms with van der Waals surface area (Å²) in [7, 11) is 3.10. The van der Waals surface area contributed by atoms with Crippen molar-refractivity contribution in [2.24, 2.45) is 0 Å².